The van der Waals surface area contributed by atoms with E-state index in [9.17, 15) is 4.55 Å². The van der Waals surface area contributed by atoms with Crippen molar-refractivity contribution in [2.75, 3.05) is 52.5 Å². The minimum atomic E-state index is -1.20. The first-order valence-corrected chi connectivity index (χ1v) is 13.2. The molecule has 0 unspecified atom stereocenters. The third kappa shape index (κ3) is 6.13. The summed E-state index contributed by atoms with van der Waals surface area (Å²) in [6.07, 6.45) is 1.97. The Labute approximate surface area is 195 Å². The summed E-state index contributed by atoms with van der Waals surface area (Å²) in [4.78, 5) is 4.78. The van der Waals surface area contributed by atoms with Crippen LogP contribution in [0.15, 0.2) is 36.4 Å². The second kappa shape index (κ2) is 12.4. The van der Waals surface area contributed by atoms with E-state index in [0.29, 0.717) is 13.2 Å². The SMILES string of the molecule is CCN(CC)CCCOc1ccc2c3ccc(OCCCN(CC)CC)cc3[s+]([O-])c2c1. The molecule has 0 aliphatic rings. The minimum Gasteiger partial charge on any atom is -0.590 e. The number of benzene rings is 2. The number of hydrogen-bond acceptors (Lipinski definition) is 5. The van der Waals surface area contributed by atoms with Gasteiger partial charge in [0.15, 0.2) is 9.40 Å². The second-order valence-electron chi connectivity index (χ2n) is 8.04. The monoisotopic (exact) mass is 458 g/mol. The number of thiophene rings is 1. The number of ether oxygens (including phenoxy) is 2. The molecule has 0 fully saturated rings. The fourth-order valence-corrected chi connectivity index (χ4v) is 5.53. The fraction of sp³-hybridized carbons (Fsp3) is 0.538. The maximum atomic E-state index is 13.2. The van der Waals surface area contributed by atoms with Gasteiger partial charge in [-0.1, -0.05) is 27.7 Å². The van der Waals surface area contributed by atoms with Gasteiger partial charge in [0.1, 0.15) is 11.5 Å². The van der Waals surface area contributed by atoms with Crippen LogP contribution in [0.25, 0.3) is 20.2 Å². The van der Waals surface area contributed by atoms with Gasteiger partial charge in [-0.3, -0.25) is 0 Å². The molecule has 0 bridgehead atoms. The molecule has 0 aliphatic carbocycles. The Bertz CT molecular complexity index is 903. The highest BCUT2D eigenvalue weighted by Crippen LogP contribution is 2.43. The third-order valence-corrected chi connectivity index (χ3v) is 7.63. The van der Waals surface area contributed by atoms with Crippen molar-refractivity contribution < 1.29 is 14.0 Å². The number of rotatable bonds is 14. The summed E-state index contributed by atoms with van der Waals surface area (Å²) in [6, 6.07) is 11.9. The molecule has 0 amide bonds. The maximum absolute atomic E-state index is 13.2. The molecule has 1 aromatic heterocycles. The van der Waals surface area contributed by atoms with Crippen LogP contribution < -0.4 is 9.47 Å². The molecule has 1 heterocycles. The van der Waals surface area contributed by atoms with Crippen LogP contribution in [0, 0.1) is 0 Å². The summed E-state index contributed by atoms with van der Waals surface area (Å²) in [5.74, 6) is 1.58. The van der Waals surface area contributed by atoms with E-state index in [0.717, 1.165) is 83.8 Å². The van der Waals surface area contributed by atoms with Crippen molar-refractivity contribution in [3.05, 3.63) is 36.4 Å². The predicted molar refractivity (Wildman–Crippen MR) is 136 cm³/mol. The lowest BCUT2D eigenvalue weighted by Crippen LogP contribution is -2.25. The Morgan fingerprint density at radius 1 is 0.688 bits per heavy atom. The van der Waals surface area contributed by atoms with Gasteiger partial charge in [-0.05, 0) is 74.0 Å². The molecule has 3 aromatic rings. The van der Waals surface area contributed by atoms with Crippen LogP contribution in [0.3, 0.4) is 0 Å². The Morgan fingerprint density at radius 2 is 1.09 bits per heavy atom. The molecular formula is C26H38N2O3S. The van der Waals surface area contributed by atoms with Crippen molar-refractivity contribution >= 4 is 30.9 Å². The zero-order valence-electron chi connectivity index (χ0n) is 20.1. The van der Waals surface area contributed by atoms with Gasteiger partial charge in [-0.2, -0.15) is 0 Å². The van der Waals surface area contributed by atoms with Crippen molar-refractivity contribution in [2.24, 2.45) is 0 Å². The molecule has 0 aliphatic heterocycles. The van der Waals surface area contributed by atoms with Crippen molar-refractivity contribution in [3.8, 4) is 11.5 Å². The summed E-state index contributed by atoms with van der Waals surface area (Å²) in [7, 11) is -1.20. The number of nitrogens with zero attached hydrogens (tertiary/aromatic N) is 2. The first-order valence-electron chi connectivity index (χ1n) is 12.0. The fourth-order valence-electron chi connectivity index (χ4n) is 4.09. The molecule has 2 aromatic carbocycles. The van der Waals surface area contributed by atoms with E-state index >= 15 is 0 Å². The molecule has 0 spiro atoms. The Kier molecular flexibility index (Phi) is 9.60. The highest BCUT2D eigenvalue weighted by Gasteiger charge is 2.17. The van der Waals surface area contributed by atoms with Crippen molar-refractivity contribution in [1.82, 2.24) is 9.80 Å². The van der Waals surface area contributed by atoms with Crippen LogP contribution in [0.4, 0.5) is 0 Å². The zero-order chi connectivity index (χ0) is 22.9. The van der Waals surface area contributed by atoms with E-state index < -0.39 is 10.8 Å². The van der Waals surface area contributed by atoms with Crippen LogP contribution in [-0.4, -0.2) is 66.8 Å². The van der Waals surface area contributed by atoms with Crippen LogP contribution in [0.2, 0.25) is 0 Å². The molecule has 5 nitrogen and oxygen atoms in total. The normalized spacial score (nSPS) is 11.8. The van der Waals surface area contributed by atoms with Gasteiger partial charge in [-0.25, -0.2) is 0 Å². The topological polar surface area (TPSA) is 48.0 Å². The lowest BCUT2D eigenvalue weighted by molar-refractivity contribution is 0.249. The van der Waals surface area contributed by atoms with E-state index in [1.165, 1.54) is 0 Å². The summed E-state index contributed by atoms with van der Waals surface area (Å²) in [6.45, 7) is 16.4. The zero-order valence-corrected chi connectivity index (χ0v) is 20.9. The van der Waals surface area contributed by atoms with Gasteiger partial charge in [0.2, 0.25) is 0 Å². The van der Waals surface area contributed by atoms with Crippen molar-refractivity contribution in [1.29, 1.82) is 0 Å². The average Bonchev–Trinajstić information content (AvgIpc) is 3.10. The molecule has 0 N–H and O–H groups in total. The summed E-state index contributed by atoms with van der Waals surface area (Å²) in [5.41, 5.74) is 0. The molecular weight excluding hydrogens is 420 g/mol. The van der Waals surface area contributed by atoms with Gasteiger partial charge in [0.05, 0.1) is 13.2 Å². The van der Waals surface area contributed by atoms with Crippen LogP contribution in [0.1, 0.15) is 40.5 Å². The Hall–Kier alpha value is -1.86. The first-order chi connectivity index (χ1) is 15.6. The largest absolute Gasteiger partial charge is 0.590 e. The van der Waals surface area contributed by atoms with E-state index in [1.807, 2.05) is 36.4 Å². The van der Waals surface area contributed by atoms with Crippen LogP contribution in [0.5, 0.6) is 11.5 Å². The van der Waals surface area contributed by atoms with E-state index in [-0.39, 0.29) is 0 Å². The Morgan fingerprint density at radius 3 is 1.47 bits per heavy atom. The van der Waals surface area contributed by atoms with Gasteiger partial charge in [-0.15, -0.1) is 0 Å². The maximum Gasteiger partial charge on any atom is 0.184 e. The lowest BCUT2D eigenvalue weighted by atomic mass is 10.1. The van der Waals surface area contributed by atoms with Crippen molar-refractivity contribution in [3.63, 3.8) is 0 Å². The number of fused-ring (bicyclic) bond motifs is 3. The van der Waals surface area contributed by atoms with Gasteiger partial charge in [0, 0.05) is 36.0 Å². The van der Waals surface area contributed by atoms with Gasteiger partial charge < -0.3 is 23.8 Å². The van der Waals surface area contributed by atoms with E-state index in [2.05, 4.69) is 37.5 Å². The highest BCUT2D eigenvalue weighted by atomic mass is 32.2. The van der Waals surface area contributed by atoms with Gasteiger partial charge >= 0.3 is 0 Å². The molecule has 0 radical (unpaired) electrons. The van der Waals surface area contributed by atoms with Crippen LogP contribution in [-0.2, 0) is 0 Å². The second-order valence-corrected chi connectivity index (χ2v) is 9.46. The molecule has 0 atom stereocenters. The standard InChI is InChI=1S/C26H38N2O3S/c1-5-27(6-2)15-9-17-30-21-11-13-23-24-14-12-22(20-26(24)32(29)25(23)19-21)31-18-10-16-28(7-3)8-4/h11-14,19-20H,5-10,15-18H2,1-4H3. The van der Waals surface area contributed by atoms with Crippen LogP contribution >= 0.6 is 10.8 Å². The lowest BCUT2D eigenvalue weighted by Gasteiger charge is -2.17. The first kappa shape index (κ1) is 24.8. The molecule has 0 saturated carbocycles. The summed E-state index contributed by atoms with van der Waals surface area (Å²) >= 11 is 0. The average molecular weight is 459 g/mol. The minimum absolute atomic E-state index is 0.667. The third-order valence-electron chi connectivity index (χ3n) is 6.16. The molecule has 0 saturated heterocycles. The molecule has 3 rings (SSSR count). The number of hydrogen-bond donors (Lipinski definition) is 0. The quantitative estimate of drug-likeness (QED) is 0.221. The van der Waals surface area contributed by atoms with E-state index in [1.54, 1.807) is 0 Å². The molecule has 32 heavy (non-hydrogen) atoms. The Balaban J connectivity index is 1.65. The summed E-state index contributed by atoms with van der Waals surface area (Å²) < 4.78 is 26.7. The van der Waals surface area contributed by atoms with E-state index in [4.69, 9.17) is 9.47 Å². The summed E-state index contributed by atoms with van der Waals surface area (Å²) in [5, 5.41) is 2.06. The predicted octanol–water partition coefficient (Wildman–Crippen LogP) is 5.94. The highest BCUT2D eigenvalue weighted by molar-refractivity contribution is 7.37. The molecule has 176 valence electrons. The molecule has 6 heteroatoms. The smallest absolute Gasteiger partial charge is 0.184 e. The van der Waals surface area contributed by atoms with Crippen molar-refractivity contribution in [2.45, 2.75) is 40.5 Å². The van der Waals surface area contributed by atoms with Gasteiger partial charge in [0.25, 0.3) is 0 Å².